The Morgan fingerprint density at radius 3 is 2.38 bits per heavy atom. The van der Waals surface area contributed by atoms with Crippen LogP contribution in [0.1, 0.15) is 15.9 Å². The van der Waals surface area contributed by atoms with Crippen LogP contribution in [-0.2, 0) is 11.3 Å². The summed E-state index contributed by atoms with van der Waals surface area (Å²) in [6.07, 6.45) is -1.21. The molecule has 86 valence electrons. The normalized spacial score (nSPS) is 9.62. The van der Waals surface area contributed by atoms with Gasteiger partial charge in [-0.05, 0) is 17.7 Å². The lowest BCUT2D eigenvalue weighted by molar-refractivity contribution is 0.0600. The second-order valence-electron chi connectivity index (χ2n) is 3.10. The third-order valence-electron chi connectivity index (χ3n) is 1.97. The Labute approximate surface area is 92.2 Å². The molecule has 0 atom stereocenters. The van der Waals surface area contributed by atoms with Crippen molar-refractivity contribution in [2.45, 2.75) is 6.54 Å². The molecule has 0 saturated carbocycles. The average Bonchev–Trinajstić information content (AvgIpc) is 2.28. The molecule has 6 nitrogen and oxygen atoms in total. The fourth-order valence-electron chi connectivity index (χ4n) is 1.13. The topological polar surface area (TPSA) is 92.9 Å². The molecule has 3 N–H and O–H groups in total. The molecular weight excluding hydrogens is 212 g/mol. The minimum absolute atomic E-state index is 0.0663. The highest BCUT2D eigenvalue weighted by Gasteiger charge is 2.08. The molecule has 0 spiro atoms. The van der Waals surface area contributed by atoms with E-state index >= 15 is 0 Å². The molecule has 6 heteroatoms. The summed E-state index contributed by atoms with van der Waals surface area (Å²) < 4.78 is 4.53. The zero-order chi connectivity index (χ0) is 12.1. The Morgan fingerprint density at radius 1 is 1.38 bits per heavy atom. The summed E-state index contributed by atoms with van der Waals surface area (Å²) in [5, 5.41) is 9.21. The number of carbonyl (C=O) groups is 2. The summed E-state index contributed by atoms with van der Waals surface area (Å²) in [7, 11) is 1.29. The van der Waals surface area contributed by atoms with Crippen LogP contribution in [0.2, 0.25) is 0 Å². The van der Waals surface area contributed by atoms with Gasteiger partial charge < -0.3 is 9.84 Å². The van der Waals surface area contributed by atoms with Crippen LogP contribution in [0.25, 0.3) is 0 Å². The second-order valence-corrected chi connectivity index (χ2v) is 3.10. The molecule has 0 heterocycles. The molecule has 0 aromatic heterocycles. The van der Waals surface area contributed by atoms with Crippen molar-refractivity contribution in [1.82, 2.24) is 5.01 Å². The van der Waals surface area contributed by atoms with Crippen molar-refractivity contribution >= 4 is 12.1 Å². The maximum Gasteiger partial charge on any atom is 0.421 e. The predicted octanol–water partition coefficient (Wildman–Crippen LogP) is 0.827. The molecule has 0 aliphatic carbocycles. The van der Waals surface area contributed by atoms with Crippen LogP contribution in [-0.4, -0.2) is 29.3 Å². The molecule has 16 heavy (non-hydrogen) atoms. The molecule has 0 unspecified atom stereocenters. The zero-order valence-corrected chi connectivity index (χ0v) is 8.71. The highest BCUT2D eigenvalue weighted by molar-refractivity contribution is 5.89. The van der Waals surface area contributed by atoms with Gasteiger partial charge in [0.15, 0.2) is 0 Å². The summed E-state index contributed by atoms with van der Waals surface area (Å²) >= 11 is 0. The van der Waals surface area contributed by atoms with Crippen LogP contribution in [0.15, 0.2) is 24.3 Å². The van der Waals surface area contributed by atoms with Crippen molar-refractivity contribution in [3.8, 4) is 0 Å². The first-order valence-electron chi connectivity index (χ1n) is 4.47. The molecule has 0 fully saturated rings. The number of carbonyl (C=O) groups excluding carboxylic acids is 1. The first kappa shape index (κ1) is 12.0. The molecule has 1 aromatic carbocycles. The smallest absolute Gasteiger partial charge is 0.421 e. The van der Waals surface area contributed by atoms with Crippen LogP contribution >= 0.6 is 0 Å². The van der Waals surface area contributed by atoms with Gasteiger partial charge >= 0.3 is 12.1 Å². The van der Waals surface area contributed by atoms with Crippen molar-refractivity contribution in [2.75, 3.05) is 7.11 Å². The Morgan fingerprint density at radius 2 is 1.94 bits per heavy atom. The van der Waals surface area contributed by atoms with E-state index < -0.39 is 12.1 Å². The zero-order valence-electron chi connectivity index (χ0n) is 8.71. The minimum atomic E-state index is -1.21. The lowest BCUT2D eigenvalue weighted by atomic mass is 10.1. The van der Waals surface area contributed by atoms with Crippen molar-refractivity contribution < 1.29 is 19.4 Å². The highest BCUT2D eigenvalue weighted by Crippen LogP contribution is 2.07. The molecule has 0 saturated heterocycles. The van der Waals surface area contributed by atoms with Gasteiger partial charge in [-0.15, -0.1) is 0 Å². The van der Waals surface area contributed by atoms with Crippen LogP contribution in [0.4, 0.5) is 4.79 Å². The number of rotatable bonds is 3. The number of esters is 1. The SMILES string of the molecule is COC(=O)c1ccc(CN(N)C(=O)O)cc1. The number of amides is 1. The Balaban J connectivity index is 2.72. The van der Waals surface area contributed by atoms with Gasteiger partial charge in [-0.2, -0.15) is 0 Å². The van der Waals surface area contributed by atoms with Gasteiger partial charge in [0.1, 0.15) is 0 Å². The second kappa shape index (κ2) is 5.13. The van der Waals surface area contributed by atoms with E-state index in [9.17, 15) is 9.59 Å². The lowest BCUT2D eigenvalue weighted by Gasteiger charge is -2.12. The van der Waals surface area contributed by atoms with Crippen LogP contribution < -0.4 is 5.84 Å². The standard InChI is InChI=1S/C10H12N2O4/c1-16-9(13)8-4-2-7(3-5-8)6-12(11)10(14)15/h2-5H,6,11H2,1H3,(H,14,15). The van der Waals surface area contributed by atoms with Crippen molar-refractivity contribution in [3.05, 3.63) is 35.4 Å². The van der Waals surface area contributed by atoms with Gasteiger partial charge in [-0.1, -0.05) is 12.1 Å². The van der Waals surface area contributed by atoms with Crippen molar-refractivity contribution in [3.63, 3.8) is 0 Å². The molecule has 1 amide bonds. The molecule has 0 aliphatic rings. The molecule has 1 aromatic rings. The van der Waals surface area contributed by atoms with E-state index in [1.54, 1.807) is 24.3 Å². The number of carboxylic acid groups (broad SMARTS) is 1. The maximum atomic E-state index is 11.1. The van der Waals surface area contributed by atoms with Crippen LogP contribution in [0, 0.1) is 0 Å². The quantitative estimate of drug-likeness (QED) is 0.343. The molecule has 0 bridgehead atoms. The molecular formula is C10H12N2O4. The largest absolute Gasteiger partial charge is 0.465 e. The van der Waals surface area contributed by atoms with Crippen molar-refractivity contribution in [2.24, 2.45) is 5.84 Å². The Kier molecular flexibility index (Phi) is 3.84. The number of benzene rings is 1. The number of hydrogen-bond donors (Lipinski definition) is 2. The van der Waals surface area contributed by atoms with Crippen LogP contribution in [0.3, 0.4) is 0 Å². The lowest BCUT2D eigenvalue weighted by Crippen LogP contribution is -2.35. The third-order valence-corrected chi connectivity index (χ3v) is 1.97. The first-order valence-corrected chi connectivity index (χ1v) is 4.47. The predicted molar refractivity (Wildman–Crippen MR) is 55.5 cm³/mol. The number of nitrogens with zero attached hydrogens (tertiary/aromatic N) is 1. The average molecular weight is 224 g/mol. The molecule has 1 rings (SSSR count). The van der Waals surface area contributed by atoms with Gasteiger partial charge in [0.25, 0.3) is 0 Å². The summed E-state index contributed by atoms with van der Waals surface area (Å²) in [6, 6.07) is 6.35. The third kappa shape index (κ3) is 2.96. The highest BCUT2D eigenvalue weighted by atomic mass is 16.5. The number of methoxy groups -OCH3 is 1. The van der Waals surface area contributed by atoms with Gasteiger partial charge in [0, 0.05) is 0 Å². The monoisotopic (exact) mass is 224 g/mol. The summed E-state index contributed by atoms with van der Waals surface area (Å²) in [4.78, 5) is 21.6. The van der Waals surface area contributed by atoms with Crippen LogP contribution in [0.5, 0.6) is 0 Å². The minimum Gasteiger partial charge on any atom is -0.465 e. The van der Waals surface area contributed by atoms with E-state index in [0.29, 0.717) is 16.1 Å². The van der Waals surface area contributed by atoms with E-state index in [2.05, 4.69) is 4.74 Å². The van der Waals surface area contributed by atoms with E-state index in [4.69, 9.17) is 10.9 Å². The van der Waals surface area contributed by atoms with E-state index in [-0.39, 0.29) is 6.54 Å². The fraction of sp³-hybridized carbons (Fsp3) is 0.200. The number of nitrogens with two attached hydrogens (primary N) is 1. The number of hydrogen-bond acceptors (Lipinski definition) is 4. The molecule has 0 aliphatic heterocycles. The van der Waals surface area contributed by atoms with E-state index in [0.717, 1.165) is 0 Å². The first-order chi connectivity index (χ1) is 7.54. The van der Waals surface area contributed by atoms with Gasteiger partial charge in [0.05, 0.1) is 19.2 Å². The maximum absolute atomic E-state index is 11.1. The van der Waals surface area contributed by atoms with Gasteiger partial charge in [-0.25, -0.2) is 20.4 Å². The number of hydrazine groups is 1. The summed E-state index contributed by atoms with van der Waals surface area (Å²) in [6.45, 7) is 0.0663. The Bertz CT molecular complexity index is 388. The summed E-state index contributed by atoms with van der Waals surface area (Å²) in [5.41, 5.74) is 1.10. The van der Waals surface area contributed by atoms with Gasteiger partial charge in [0.2, 0.25) is 0 Å². The van der Waals surface area contributed by atoms with E-state index in [1.165, 1.54) is 7.11 Å². The molecule has 0 radical (unpaired) electrons. The van der Waals surface area contributed by atoms with Gasteiger partial charge in [-0.3, -0.25) is 0 Å². The van der Waals surface area contributed by atoms with E-state index in [1.807, 2.05) is 0 Å². The van der Waals surface area contributed by atoms with Crippen molar-refractivity contribution in [1.29, 1.82) is 0 Å². The fourth-order valence-corrected chi connectivity index (χ4v) is 1.13. The Hall–Kier alpha value is -2.08. The number of ether oxygens (including phenoxy) is 1. The summed E-state index contributed by atoms with van der Waals surface area (Å²) in [5.74, 6) is 4.78.